The van der Waals surface area contributed by atoms with E-state index in [0.29, 0.717) is 0 Å². The Bertz CT molecular complexity index is 525. The zero-order valence-electron chi connectivity index (χ0n) is 11.7. The molecule has 0 amide bonds. The molecule has 2 rings (SSSR count). The van der Waals surface area contributed by atoms with Crippen molar-refractivity contribution in [3.05, 3.63) is 11.4 Å². The lowest BCUT2D eigenvalue weighted by Crippen LogP contribution is -2.33. The van der Waals surface area contributed by atoms with Gasteiger partial charge in [-0.05, 0) is 24.9 Å². The van der Waals surface area contributed by atoms with Crippen LogP contribution in [0, 0.1) is 0 Å². The lowest BCUT2D eigenvalue weighted by atomic mass is 10.4. The molecule has 6 heteroatoms. The van der Waals surface area contributed by atoms with Gasteiger partial charge in [0.15, 0.2) is 0 Å². The van der Waals surface area contributed by atoms with Crippen molar-refractivity contribution in [2.24, 2.45) is 0 Å². The Morgan fingerprint density at radius 2 is 2.16 bits per heavy atom. The minimum atomic E-state index is 0.805. The summed E-state index contributed by atoms with van der Waals surface area (Å²) in [6, 6.07) is 2.06. The highest BCUT2D eigenvalue weighted by Crippen LogP contribution is 2.27. The van der Waals surface area contributed by atoms with Gasteiger partial charge in [0, 0.05) is 26.7 Å². The van der Waals surface area contributed by atoms with Crippen LogP contribution in [0.5, 0.6) is 0 Å². The van der Waals surface area contributed by atoms with Crippen molar-refractivity contribution in [1.29, 1.82) is 0 Å². The zero-order valence-corrected chi connectivity index (χ0v) is 12.5. The topological polar surface area (TPSA) is 53.1 Å². The number of likely N-dealkylation sites (N-methyl/N-ethyl adjacent to an activating group) is 2. The van der Waals surface area contributed by atoms with E-state index >= 15 is 0 Å². The second kappa shape index (κ2) is 6.68. The van der Waals surface area contributed by atoms with E-state index in [1.807, 2.05) is 7.05 Å². The quantitative estimate of drug-likeness (QED) is 0.761. The summed E-state index contributed by atoms with van der Waals surface area (Å²) in [6.45, 7) is 8.02. The molecule has 0 fully saturated rings. The predicted octanol–water partition coefficient (Wildman–Crippen LogP) is 2.17. The monoisotopic (exact) mass is 279 g/mol. The average molecular weight is 279 g/mol. The molecule has 104 valence electrons. The molecule has 0 aliphatic rings. The molecule has 0 radical (unpaired) electrons. The Balaban J connectivity index is 2.26. The molecule has 0 bridgehead atoms. The largest absolute Gasteiger partial charge is 0.372 e. The van der Waals surface area contributed by atoms with Crippen LogP contribution in [0.4, 0.5) is 11.8 Å². The number of fused-ring (bicyclic) bond motifs is 1. The first-order valence-electron chi connectivity index (χ1n) is 6.68. The van der Waals surface area contributed by atoms with Crippen LogP contribution < -0.4 is 15.5 Å². The summed E-state index contributed by atoms with van der Waals surface area (Å²) in [5.41, 5.74) is 0. The zero-order chi connectivity index (χ0) is 13.7. The summed E-state index contributed by atoms with van der Waals surface area (Å²) in [6.07, 6.45) is 0. The third-order valence-corrected chi connectivity index (χ3v) is 3.83. The van der Waals surface area contributed by atoms with Crippen molar-refractivity contribution in [3.63, 3.8) is 0 Å². The van der Waals surface area contributed by atoms with Crippen LogP contribution in [-0.2, 0) is 0 Å². The molecule has 0 unspecified atom stereocenters. The van der Waals surface area contributed by atoms with Crippen molar-refractivity contribution < 1.29 is 0 Å². The molecular formula is C13H21N5S. The average Bonchev–Trinajstić information content (AvgIpc) is 2.91. The Kier molecular flexibility index (Phi) is 4.93. The first-order chi connectivity index (χ1) is 9.30. The maximum Gasteiger partial charge on any atom is 0.228 e. The van der Waals surface area contributed by atoms with Crippen molar-refractivity contribution >= 4 is 33.3 Å². The molecule has 0 spiro atoms. The van der Waals surface area contributed by atoms with E-state index in [2.05, 4.69) is 50.8 Å². The number of nitrogens with zero attached hydrogens (tertiary/aromatic N) is 3. The lowest BCUT2D eigenvalue weighted by Gasteiger charge is -2.21. The minimum Gasteiger partial charge on any atom is -0.372 e. The number of hydrogen-bond acceptors (Lipinski definition) is 6. The van der Waals surface area contributed by atoms with E-state index in [1.165, 1.54) is 0 Å². The molecule has 0 saturated carbocycles. The summed E-state index contributed by atoms with van der Waals surface area (Å²) >= 11 is 1.65. The fourth-order valence-corrected chi connectivity index (χ4v) is 2.73. The Hall–Kier alpha value is -1.40. The van der Waals surface area contributed by atoms with Gasteiger partial charge in [-0.3, -0.25) is 0 Å². The molecule has 2 aromatic rings. The fourth-order valence-electron chi connectivity index (χ4n) is 1.97. The number of hydrogen-bond donors (Lipinski definition) is 2. The van der Waals surface area contributed by atoms with E-state index in [-0.39, 0.29) is 0 Å². The van der Waals surface area contributed by atoms with E-state index < -0.39 is 0 Å². The first-order valence-corrected chi connectivity index (χ1v) is 7.56. The maximum atomic E-state index is 4.66. The number of aromatic nitrogens is 2. The summed E-state index contributed by atoms with van der Waals surface area (Å²) in [5.74, 6) is 1.71. The summed E-state index contributed by atoms with van der Waals surface area (Å²) in [7, 11) is 1.90. The van der Waals surface area contributed by atoms with Gasteiger partial charge in [-0.1, -0.05) is 6.92 Å². The number of thiophene rings is 1. The molecule has 19 heavy (non-hydrogen) atoms. The van der Waals surface area contributed by atoms with Crippen LogP contribution in [0.1, 0.15) is 13.8 Å². The van der Waals surface area contributed by atoms with Crippen molar-refractivity contribution in [3.8, 4) is 0 Å². The van der Waals surface area contributed by atoms with Crippen molar-refractivity contribution in [2.75, 3.05) is 43.4 Å². The van der Waals surface area contributed by atoms with Crippen LogP contribution in [-0.4, -0.2) is 43.2 Å². The second-order valence-corrected chi connectivity index (χ2v) is 5.09. The molecule has 0 aromatic carbocycles. The van der Waals surface area contributed by atoms with E-state index in [4.69, 9.17) is 0 Å². The normalized spacial score (nSPS) is 10.9. The SMILES string of the molecule is CCNCCN(CC)c1nc(NC)c2ccsc2n1. The van der Waals surface area contributed by atoms with Crippen molar-refractivity contribution in [2.45, 2.75) is 13.8 Å². The molecule has 0 saturated heterocycles. The number of nitrogens with one attached hydrogen (secondary N) is 2. The molecular weight excluding hydrogens is 258 g/mol. The molecule has 0 aliphatic carbocycles. The van der Waals surface area contributed by atoms with E-state index in [1.54, 1.807) is 11.3 Å². The van der Waals surface area contributed by atoms with E-state index in [9.17, 15) is 0 Å². The highest BCUT2D eigenvalue weighted by molar-refractivity contribution is 7.16. The van der Waals surface area contributed by atoms with Gasteiger partial charge in [-0.2, -0.15) is 4.98 Å². The number of anilines is 2. The van der Waals surface area contributed by atoms with Gasteiger partial charge >= 0.3 is 0 Å². The van der Waals surface area contributed by atoms with Crippen molar-refractivity contribution in [1.82, 2.24) is 15.3 Å². The third-order valence-electron chi connectivity index (χ3n) is 3.02. The van der Waals surface area contributed by atoms with E-state index in [0.717, 1.165) is 48.2 Å². The van der Waals surface area contributed by atoms with Crippen LogP contribution in [0.15, 0.2) is 11.4 Å². The highest BCUT2D eigenvalue weighted by Gasteiger charge is 2.12. The molecule has 5 nitrogen and oxygen atoms in total. The fraction of sp³-hybridized carbons (Fsp3) is 0.538. The Labute approximate surface area is 118 Å². The molecule has 2 N–H and O–H groups in total. The molecule has 2 heterocycles. The van der Waals surface area contributed by atoms with Crippen LogP contribution in [0.25, 0.3) is 10.2 Å². The second-order valence-electron chi connectivity index (χ2n) is 4.19. The number of rotatable bonds is 7. The highest BCUT2D eigenvalue weighted by atomic mass is 32.1. The first kappa shape index (κ1) is 14.0. The minimum absolute atomic E-state index is 0.805. The van der Waals surface area contributed by atoms with Gasteiger partial charge in [0.1, 0.15) is 10.6 Å². The summed E-state index contributed by atoms with van der Waals surface area (Å²) in [5, 5.41) is 9.64. The smallest absolute Gasteiger partial charge is 0.228 e. The predicted molar refractivity (Wildman–Crippen MR) is 83.4 cm³/mol. The maximum absolute atomic E-state index is 4.66. The van der Waals surface area contributed by atoms with Gasteiger partial charge in [-0.25, -0.2) is 4.98 Å². The standard InChI is InChI=1S/C13H21N5S/c1-4-15-7-8-18(5-2)13-16-11(14-3)10-6-9-19-12(10)17-13/h6,9,15H,4-5,7-8H2,1-3H3,(H,14,16,17). The van der Waals surface area contributed by atoms with Gasteiger partial charge in [0.2, 0.25) is 5.95 Å². The van der Waals surface area contributed by atoms with Gasteiger partial charge in [0.05, 0.1) is 5.39 Å². The Morgan fingerprint density at radius 3 is 2.84 bits per heavy atom. The van der Waals surface area contributed by atoms with Crippen LogP contribution >= 0.6 is 11.3 Å². The van der Waals surface area contributed by atoms with Crippen LogP contribution in [0.2, 0.25) is 0 Å². The molecule has 2 aromatic heterocycles. The summed E-state index contributed by atoms with van der Waals surface area (Å²) < 4.78 is 0. The third kappa shape index (κ3) is 3.13. The molecule has 0 atom stereocenters. The lowest BCUT2D eigenvalue weighted by molar-refractivity contribution is 0.679. The summed E-state index contributed by atoms with van der Waals surface area (Å²) in [4.78, 5) is 12.5. The van der Waals surface area contributed by atoms with Gasteiger partial charge < -0.3 is 15.5 Å². The molecule has 0 aliphatic heterocycles. The van der Waals surface area contributed by atoms with Gasteiger partial charge in [-0.15, -0.1) is 11.3 Å². The van der Waals surface area contributed by atoms with Crippen LogP contribution in [0.3, 0.4) is 0 Å². The van der Waals surface area contributed by atoms with Gasteiger partial charge in [0.25, 0.3) is 0 Å². The Morgan fingerprint density at radius 1 is 1.32 bits per heavy atom.